The van der Waals surface area contributed by atoms with Crippen LogP contribution in [-0.4, -0.2) is 36.5 Å². The second kappa shape index (κ2) is 7.87. The summed E-state index contributed by atoms with van der Waals surface area (Å²) in [5, 5.41) is 1.88. The first-order valence-electron chi connectivity index (χ1n) is 6.17. The zero-order valence-electron chi connectivity index (χ0n) is 10.8. The molecule has 0 N–H and O–H groups in total. The molecule has 0 unspecified atom stereocenters. The molecule has 5 heteroatoms. The van der Waals surface area contributed by atoms with Gasteiger partial charge in [0.25, 0.3) is 5.91 Å². The summed E-state index contributed by atoms with van der Waals surface area (Å²) >= 11 is 1.42. The SMILES string of the molecule is CCCN(CCC(=O)OCC)C(=O)c1cccs1. The third-order valence-corrected chi connectivity index (χ3v) is 3.26. The van der Waals surface area contributed by atoms with Crippen molar-refractivity contribution in [3.05, 3.63) is 22.4 Å². The molecular formula is C13H19NO3S. The van der Waals surface area contributed by atoms with Gasteiger partial charge in [-0.25, -0.2) is 0 Å². The molecular weight excluding hydrogens is 250 g/mol. The van der Waals surface area contributed by atoms with Crippen molar-refractivity contribution in [3.8, 4) is 0 Å². The Morgan fingerprint density at radius 2 is 2.11 bits per heavy atom. The highest BCUT2D eigenvalue weighted by atomic mass is 32.1. The van der Waals surface area contributed by atoms with Crippen molar-refractivity contribution in [2.24, 2.45) is 0 Å². The van der Waals surface area contributed by atoms with Gasteiger partial charge in [0.15, 0.2) is 0 Å². The number of thiophene rings is 1. The molecule has 0 bridgehead atoms. The quantitative estimate of drug-likeness (QED) is 0.715. The summed E-state index contributed by atoms with van der Waals surface area (Å²) in [5.74, 6) is -0.256. The first-order valence-corrected chi connectivity index (χ1v) is 7.05. The normalized spacial score (nSPS) is 10.1. The van der Waals surface area contributed by atoms with E-state index in [0.717, 1.165) is 6.42 Å². The molecule has 1 aromatic heterocycles. The first-order chi connectivity index (χ1) is 8.69. The predicted molar refractivity (Wildman–Crippen MR) is 71.8 cm³/mol. The number of amides is 1. The summed E-state index contributed by atoms with van der Waals surface area (Å²) in [6.07, 6.45) is 1.13. The van der Waals surface area contributed by atoms with E-state index in [4.69, 9.17) is 4.74 Å². The van der Waals surface area contributed by atoms with Crippen molar-refractivity contribution in [2.45, 2.75) is 26.7 Å². The van der Waals surface area contributed by atoms with Crippen LogP contribution in [0.3, 0.4) is 0 Å². The molecule has 1 aromatic rings. The summed E-state index contributed by atoms with van der Waals surface area (Å²) in [4.78, 5) is 25.9. The molecule has 0 saturated carbocycles. The smallest absolute Gasteiger partial charge is 0.307 e. The van der Waals surface area contributed by atoms with Crippen LogP contribution in [0.2, 0.25) is 0 Å². The fourth-order valence-corrected chi connectivity index (χ4v) is 2.29. The van der Waals surface area contributed by atoms with E-state index in [2.05, 4.69) is 0 Å². The number of rotatable bonds is 7. The van der Waals surface area contributed by atoms with E-state index in [1.165, 1.54) is 11.3 Å². The van der Waals surface area contributed by atoms with E-state index in [1.807, 2.05) is 18.4 Å². The molecule has 0 spiro atoms. The monoisotopic (exact) mass is 269 g/mol. The highest BCUT2D eigenvalue weighted by Gasteiger charge is 2.17. The van der Waals surface area contributed by atoms with Crippen LogP contribution in [0.1, 0.15) is 36.4 Å². The van der Waals surface area contributed by atoms with Crippen LogP contribution in [-0.2, 0) is 9.53 Å². The molecule has 0 aliphatic carbocycles. The van der Waals surface area contributed by atoms with Crippen molar-refractivity contribution in [2.75, 3.05) is 19.7 Å². The lowest BCUT2D eigenvalue weighted by molar-refractivity contribution is -0.143. The summed E-state index contributed by atoms with van der Waals surface area (Å²) in [6, 6.07) is 3.66. The average molecular weight is 269 g/mol. The van der Waals surface area contributed by atoms with Crippen LogP contribution >= 0.6 is 11.3 Å². The van der Waals surface area contributed by atoms with Gasteiger partial charge in [0.05, 0.1) is 17.9 Å². The predicted octanol–water partition coefficient (Wildman–Crippen LogP) is 2.55. The summed E-state index contributed by atoms with van der Waals surface area (Å²) in [6.45, 7) is 5.25. The van der Waals surface area contributed by atoms with Gasteiger partial charge in [-0.05, 0) is 24.8 Å². The van der Waals surface area contributed by atoms with E-state index < -0.39 is 0 Å². The van der Waals surface area contributed by atoms with Gasteiger partial charge in [0.1, 0.15) is 0 Å². The average Bonchev–Trinajstić information content (AvgIpc) is 2.87. The molecule has 18 heavy (non-hydrogen) atoms. The fraction of sp³-hybridized carbons (Fsp3) is 0.538. The van der Waals surface area contributed by atoms with Gasteiger partial charge in [0.2, 0.25) is 0 Å². The summed E-state index contributed by atoms with van der Waals surface area (Å²) < 4.78 is 4.87. The molecule has 0 atom stereocenters. The Labute approximate surface area is 112 Å². The Balaban J connectivity index is 2.54. The maximum atomic E-state index is 12.2. The third-order valence-electron chi connectivity index (χ3n) is 2.40. The Morgan fingerprint density at radius 3 is 2.67 bits per heavy atom. The van der Waals surface area contributed by atoms with Gasteiger partial charge >= 0.3 is 5.97 Å². The maximum absolute atomic E-state index is 12.2. The second-order valence-electron chi connectivity index (χ2n) is 3.82. The van der Waals surface area contributed by atoms with E-state index in [1.54, 1.807) is 17.9 Å². The van der Waals surface area contributed by atoms with Gasteiger partial charge in [-0.2, -0.15) is 0 Å². The molecule has 0 radical (unpaired) electrons. The minimum absolute atomic E-state index is 0.00357. The van der Waals surface area contributed by atoms with Crippen LogP contribution in [0.4, 0.5) is 0 Å². The third kappa shape index (κ3) is 4.49. The van der Waals surface area contributed by atoms with Gasteiger partial charge in [-0.1, -0.05) is 13.0 Å². The summed E-state index contributed by atoms with van der Waals surface area (Å²) in [5.41, 5.74) is 0. The van der Waals surface area contributed by atoms with Gasteiger partial charge in [0, 0.05) is 13.1 Å². The van der Waals surface area contributed by atoms with Gasteiger partial charge in [-0.3, -0.25) is 9.59 Å². The van der Waals surface area contributed by atoms with Gasteiger partial charge < -0.3 is 9.64 Å². The minimum Gasteiger partial charge on any atom is -0.466 e. The largest absolute Gasteiger partial charge is 0.466 e. The lowest BCUT2D eigenvalue weighted by Gasteiger charge is -2.20. The number of ether oxygens (including phenoxy) is 1. The summed E-state index contributed by atoms with van der Waals surface area (Å²) in [7, 11) is 0. The van der Waals surface area contributed by atoms with Crippen molar-refractivity contribution in [1.29, 1.82) is 0 Å². The van der Waals surface area contributed by atoms with Crippen molar-refractivity contribution in [3.63, 3.8) is 0 Å². The molecule has 0 aromatic carbocycles. The molecule has 0 fully saturated rings. The van der Waals surface area contributed by atoms with Crippen molar-refractivity contribution < 1.29 is 14.3 Å². The number of nitrogens with zero attached hydrogens (tertiary/aromatic N) is 1. The first kappa shape index (κ1) is 14.7. The zero-order chi connectivity index (χ0) is 13.4. The molecule has 1 heterocycles. The minimum atomic E-state index is -0.252. The zero-order valence-corrected chi connectivity index (χ0v) is 11.7. The van der Waals surface area contributed by atoms with Crippen molar-refractivity contribution in [1.82, 2.24) is 4.90 Å². The molecule has 1 rings (SSSR count). The molecule has 0 saturated heterocycles. The highest BCUT2D eigenvalue weighted by Crippen LogP contribution is 2.12. The number of hydrogen-bond acceptors (Lipinski definition) is 4. The van der Waals surface area contributed by atoms with Crippen LogP contribution in [0.15, 0.2) is 17.5 Å². The number of esters is 1. The Kier molecular flexibility index (Phi) is 6.43. The van der Waals surface area contributed by atoms with E-state index >= 15 is 0 Å². The van der Waals surface area contributed by atoms with Gasteiger partial charge in [-0.15, -0.1) is 11.3 Å². The fourth-order valence-electron chi connectivity index (χ4n) is 1.60. The number of carbonyl (C=O) groups excluding carboxylic acids is 2. The Bertz CT molecular complexity index is 376. The van der Waals surface area contributed by atoms with E-state index in [-0.39, 0.29) is 18.3 Å². The van der Waals surface area contributed by atoms with Crippen LogP contribution in [0.5, 0.6) is 0 Å². The van der Waals surface area contributed by atoms with Crippen molar-refractivity contribution >= 4 is 23.2 Å². The highest BCUT2D eigenvalue weighted by molar-refractivity contribution is 7.12. The van der Waals surface area contributed by atoms with Crippen LogP contribution in [0.25, 0.3) is 0 Å². The van der Waals surface area contributed by atoms with Crippen LogP contribution < -0.4 is 0 Å². The number of hydrogen-bond donors (Lipinski definition) is 0. The Hall–Kier alpha value is -1.36. The standard InChI is InChI=1S/C13H19NO3S/c1-3-8-14(9-7-12(15)17-4-2)13(16)11-6-5-10-18-11/h5-6,10H,3-4,7-9H2,1-2H3. The topological polar surface area (TPSA) is 46.6 Å². The lowest BCUT2D eigenvalue weighted by Crippen LogP contribution is -2.33. The van der Waals surface area contributed by atoms with Crippen LogP contribution in [0, 0.1) is 0 Å². The molecule has 1 amide bonds. The Morgan fingerprint density at radius 1 is 1.33 bits per heavy atom. The maximum Gasteiger partial charge on any atom is 0.307 e. The molecule has 0 aliphatic heterocycles. The lowest BCUT2D eigenvalue weighted by atomic mass is 10.3. The molecule has 0 aliphatic rings. The van der Waals surface area contributed by atoms with E-state index in [9.17, 15) is 9.59 Å². The number of carbonyl (C=O) groups is 2. The molecule has 4 nitrogen and oxygen atoms in total. The molecule has 100 valence electrons. The second-order valence-corrected chi connectivity index (χ2v) is 4.77. The van der Waals surface area contributed by atoms with E-state index in [0.29, 0.717) is 24.6 Å².